The number of hydrogen-bond acceptors (Lipinski definition) is 3. The molecule has 0 bridgehead atoms. The third kappa shape index (κ3) is 5.53. The fourth-order valence-electron chi connectivity index (χ4n) is 2.15. The second-order valence-electron chi connectivity index (χ2n) is 4.96. The van der Waals surface area contributed by atoms with Crippen LogP contribution in [-0.2, 0) is 12.8 Å². The average molecular weight is 336 g/mol. The largest absolute Gasteiger partial charge is 0.497 e. The van der Waals surface area contributed by atoms with E-state index in [-0.39, 0.29) is 0 Å². The number of furan rings is 1. The van der Waals surface area contributed by atoms with Crippen LogP contribution in [-0.4, -0.2) is 33.2 Å². The molecule has 0 radical (unpaired) electrons. The molecule has 0 amide bonds. The summed E-state index contributed by atoms with van der Waals surface area (Å²) in [5.41, 5.74) is 1.08. The second-order valence-corrected chi connectivity index (χ2v) is 5.37. The van der Waals surface area contributed by atoms with Crippen LogP contribution in [0.4, 0.5) is 0 Å². The van der Waals surface area contributed by atoms with Crippen molar-refractivity contribution in [2.75, 3.05) is 27.2 Å². The Kier molecular flexibility index (Phi) is 6.81. The maximum Gasteiger partial charge on any atom is 0.191 e. The Labute approximate surface area is 141 Å². The van der Waals surface area contributed by atoms with E-state index in [2.05, 4.69) is 15.6 Å². The molecule has 0 aliphatic heterocycles. The molecule has 0 fully saturated rings. The summed E-state index contributed by atoms with van der Waals surface area (Å²) < 4.78 is 10.4. The second kappa shape index (κ2) is 9.10. The number of methoxy groups -OCH3 is 1. The first-order valence-electron chi connectivity index (χ1n) is 7.52. The summed E-state index contributed by atoms with van der Waals surface area (Å²) in [4.78, 5) is 4.20. The van der Waals surface area contributed by atoms with Crippen molar-refractivity contribution in [1.29, 1.82) is 0 Å². The number of hydrogen-bond donors (Lipinski definition) is 2. The van der Waals surface area contributed by atoms with Crippen molar-refractivity contribution in [3.05, 3.63) is 52.9 Å². The van der Waals surface area contributed by atoms with E-state index in [0.717, 1.165) is 49.0 Å². The van der Waals surface area contributed by atoms with Crippen LogP contribution in [0.25, 0.3) is 0 Å². The molecule has 23 heavy (non-hydrogen) atoms. The molecule has 2 N–H and O–H groups in total. The molecule has 124 valence electrons. The van der Waals surface area contributed by atoms with Crippen LogP contribution >= 0.6 is 11.6 Å². The first-order valence-corrected chi connectivity index (χ1v) is 7.90. The van der Waals surface area contributed by atoms with Crippen LogP contribution in [0.2, 0.25) is 5.02 Å². The molecule has 0 aliphatic rings. The number of aliphatic imine (C=N–C) groups is 1. The van der Waals surface area contributed by atoms with E-state index in [1.54, 1.807) is 20.4 Å². The number of benzene rings is 1. The fourth-order valence-corrected chi connectivity index (χ4v) is 2.42. The summed E-state index contributed by atoms with van der Waals surface area (Å²) >= 11 is 6.23. The van der Waals surface area contributed by atoms with Crippen molar-refractivity contribution in [3.8, 4) is 5.75 Å². The zero-order valence-corrected chi connectivity index (χ0v) is 14.2. The number of halogens is 1. The lowest BCUT2D eigenvalue weighted by atomic mass is 10.1. The number of ether oxygens (including phenoxy) is 1. The van der Waals surface area contributed by atoms with E-state index in [0.29, 0.717) is 5.02 Å². The summed E-state index contributed by atoms with van der Waals surface area (Å²) in [5, 5.41) is 7.24. The van der Waals surface area contributed by atoms with E-state index < -0.39 is 0 Å². The molecule has 0 saturated carbocycles. The molecular formula is C17H22ClN3O2. The van der Waals surface area contributed by atoms with Crippen LogP contribution < -0.4 is 15.4 Å². The van der Waals surface area contributed by atoms with Gasteiger partial charge < -0.3 is 19.8 Å². The van der Waals surface area contributed by atoms with Crippen LogP contribution in [0, 0.1) is 0 Å². The van der Waals surface area contributed by atoms with Gasteiger partial charge in [-0.15, -0.1) is 0 Å². The predicted molar refractivity (Wildman–Crippen MR) is 93.5 cm³/mol. The SMILES string of the molecule is CN=C(NCCc1ccco1)NCCc1ccc(OC)cc1Cl. The van der Waals surface area contributed by atoms with Crippen molar-refractivity contribution in [2.45, 2.75) is 12.8 Å². The van der Waals surface area contributed by atoms with Gasteiger partial charge >= 0.3 is 0 Å². The van der Waals surface area contributed by atoms with Crippen molar-refractivity contribution >= 4 is 17.6 Å². The lowest BCUT2D eigenvalue weighted by molar-refractivity contribution is 0.414. The van der Waals surface area contributed by atoms with E-state index in [4.69, 9.17) is 20.8 Å². The highest BCUT2D eigenvalue weighted by atomic mass is 35.5. The van der Waals surface area contributed by atoms with Crippen LogP contribution in [0.3, 0.4) is 0 Å². The van der Waals surface area contributed by atoms with Gasteiger partial charge in [-0.3, -0.25) is 4.99 Å². The topological polar surface area (TPSA) is 58.8 Å². The van der Waals surface area contributed by atoms with Gasteiger partial charge in [0, 0.05) is 31.6 Å². The van der Waals surface area contributed by atoms with E-state index >= 15 is 0 Å². The minimum atomic E-state index is 0.715. The predicted octanol–water partition coefficient (Wildman–Crippen LogP) is 2.89. The van der Waals surface area contributed by atoms with Gasteiger partial charge in [0.05, 0.1) is 13.4 Å². The summed E-state index contributed by atoms with van der Waals surface area (Å²) in [6.07, 6.45) is 3.31. The van der Waals surface area contributed by atoms with E-state index in [9.17, 15) is 0 Å². The highest BCUT2D eigenvalue weighted by Gasteiger charge is 2.04. The van der Waals surface area contributed by atoms with Gasteiger partial charge in [0.25, 0.3) is 0 Å². The normalized spacial score (nSPS) is 11.3. The highest BCUT2D eigenvalue weighted by Crippen LogP contribution is 2.22. The molecule has 0 saturated heterocycles. The number of nitrogens with one attached hydrogen (secondary N) is 2. The Balaban J connectivity index is 1.73. The Bertz CT molecular complexity index is 627. The molecular weight excluding hydrogens is 314 g/mol. The first-order chi connectivity index (χ1) is 11.2. The molecule has 0 spiro atoms. The molecule has 0 unspecified atom stereocenters. The molecule has 1 aromatic carbocycles. The Morgan fingerprint density at radius 1 is 1.22 bits per heavy atom. The number of nitrogens with zero attached hydrogens (tertiary/aromatic N) is 1. The molecule has 0 aliphatic carbocycles. The molecule has 0 atom stereocenters. The summed E-state index contributed by atoms with van der Waals surface area (Å²) in [6, 6.07) is 9.57. The quantitative estimate of drug-likeness (QED) is 0.603. The minimum absolute atomic E-state index is 0.715. The van der Waals surface area contributed by atoms with E-state index in [1.807, 2.05) is 30.3 Å². The Morgan fingerprint density at radius 2 is 2.00 bits per heavy atom. The molecule has 1 heterocycles. The van der Waals surface area contributed by atoms with Crippen LogP contribution in [0.5, 0.6) is 5.75 Å². The van der Waals surface area contributed by atoms with Crippen molar-refractivity contribution in [1.82, 2.24) is 10.6 Å². The van der Waals surface area contributed by atoms with Crippen LogP contribution in [0.15, 0.2) is 46.0 Å². The lowest BCUT2D eigenvalue weighted by Crippen LogP contribution is -2.39. The van der Waals surface area contributed by atoms with Gasteiger partial charge in [-0.1, -0.05) is 17.7 Å². The van der Waals surface area contributed by atoms with Gasteiger partial charge in [0.1, 0.15) is 11.5 Å². The van der Waals surface area contributed by atoms with Gasteiger partial charge in [0.15, 0.2) is 5.96 Å². The van der Waals surface area contributed by atoms with Crippen molar-refractivity contribution in [2.24, 2.45) is 4.99 Å². The zero-order valence-electron chi connectivity index (χ0n) is 13.4. The van der Waals surface area contributed by atoms with Crippen molar-refractivity contribution in [3.63, 3.8) is 0 Å². The fraction of sp³-hybridized carbons (Fsp3) is 0.353. The van der Waals surface area contributed by atoms with Crippen LogP contribution in [0.1, 0.15) is 11.3 Å². The summed E-state index contributed by atoms with van der Waals surface area (Å²) in [6.45, 7) is 1.50. The molecule has 2 rings (SSSR count). The zero-order chi connectivity index (χ0) is 16.5. The lowest BCUT2D eigenvalue weighted by Gasteiger charge is -2.12. The van der Waals surface area contributed by atoms with Gasteiger partial charge in [-0.25, -0.2) is 0 Å². The standard InChI is InChI=1S/C17H22ClN3O2/c1-19-17(21-10-8-14-4-3-11-23-14)20-9-7-13-5-6-15(22-2)12-16(13)18/h3-6,11-12H,7-10H2,1-2H3,(H2,19,20,21). The third-order valence-corrected chi connectivity index (χ3v) is 3.77. The van der Waals surface area contributed by atoms with Gasteiger partial charge in [-0.2, -0.15) is 0 Å². The van der Waals surface area contributed by atoms with Crippen molar-refractivity contribution < 1.29 is 9.15 Å². The number of guanidine groups is 1. The average Bonchev–Trinajstić information content (AvgIpc) is 3.08. The summed E-state index contributed by atoms with van der Waals surface area (Å²) in [5.74, 6) is 2.49. The molecule has 2 aromatic rings. The third-order valence-electron chi connectivity index (χ3n) is 3.41. The van der Waals surface area contributed by atoms with Gasteiger partial charge in [-0.05, 0) is 36.2 Å². The maximum atomic E-state index is 6.23. The summed E-state index contributed by atoms with van der Waals surface area (Å²) in [7, 11) is 3.38. The minimum Gasteiger partial charge on any atom is -0.497 e. The monoisotopic (exact) mass is 335 g/mol. The van der Waals surface area contributed by atoms with E-state index in [1.165, 1.54) is 0 Å². The highest BCUT2D eigenvalue weighted by molar-refractivity contribution is 6.31. The smallest absolute Gasteiger partial charge is 0.191 e. The Hall–Kier alpha value is -2.14. The first kappa shape index (κ1) is 17.2. The van der Waals surface area contributed by atoms with Gasteiger partial charge in [0.2, 0.25) is 0 Å². The number of rotatable bonds is 7. The molecule has 5 nitrogen and oxygen atoms in total. The molecule has 6 heteroatoms. The Morgan fingerprint density at radius 3 is 2.61 bits per heavy atom. The molecule has 1 aromatic heterocycles. The maximum absolute atomic E-state index is 6.23.